The van der Waals surface area contributed by atoms with Crippen molar-refractivity contribution < 1.29 is 9.90 Å². The number of phenolic OH excluding ortho intramolecular Hbond substituents is 1. The molecule has 1 unspecified atom stereocenters. The van der Waals surface area contributed by atoms with Crippen LogP contribution in [0.3, 0.4) is 0 Å². The molecule has 1 amide bonds. The van der Waals surface area contributed by atoms with E-state index in [1.807, 2.05) is 12.1 Å². The maximum Gasteiger partial charge on any atom is 0.227 e. The fourth-order valence-corrected chi connectivity index (χ4v) is 2.76. The van der Waals surface area contributed by atoms with Gasteiger partial charge in [0.25, 0.3) is 0 Å². The van der Waals surface area contributed by atoms with Crippen LogP contribution < -0.4 is 4.90 Å². The zero-order chi connectivity index (χ0) is 14.2. The molecule has 1 fully saturated rings. The summed E-state index contributed by atoms with van der Waals surface area (Å²) in [5, 5.41) is 10.8. The Hall–Kier alpha value is -1.03. The number of amides is 1. The van der Waals surface area contributed by atoms with Gasteiger partial charge in [-0.25, -0.2) is 0 Å². The number of aromatic hydroxyl groups is 1. The third-order valence-electron chi connectivity index (χ3n) is 3.56. The third kappa shape index (κ3) is 2.94. The van der Waals surface area contributed by atoms with Gasteiger partial charge < -0.3 is 10.0 Å². The lowest BCUT2D eigenvalue weighted by Crippen LogP contribution is -2.25. The molecule has 4 heteroatoms. The van der Waals surface area contributed by atoms with Crippen LogP contribution in [0, 0.1) is 5.92 Å². The van der Waals surface area contributed by atoms with Crippen LogP contribution in [-0.4, -0.2) is 22.9 Å². The Balaban J connectivity index is 2.37. The molecule has 1 aliphatic heterocycles. The highest BCUT2D eigenvalue weighted by Gasteiger charge is 2.31. The maximum absolute atomic E-state index is 12.1. The Morgan fingerprint density at radius 2 is 2.11 bits per heavy atom. The summed E-state index contributed by atoms with van der Waals surface area (Å²) in [5.74, 6) is 0.590. The fraction of sp³-hybridized carbons (Fsp3) is 0.533. The number of anilines is 1. The first-order valence-corrected chi connectivity index (χ1v) is 7.65. The monoisotopic (exact) mass is 325 g/mol. The Kier molecular flexibility index (Phi) is 3.90. The van der Waals surface area contributed by atoms with Crippen molar-refractivity contribution >= 4 is 27.5 Å². The van der Waals surface area contributed by atoms with Gasteiger partial charge >= 0.3 is 0 Å². The third-order valence-corrected chi connectivity index (χ3v) is 4.47. The van der Waals surface area contributed by atoms with E-state index in [2.05, 4.69) is 36.7 Å². The molecular formula is C15H20BrNO2. The maximum atomic E-state index is 12.1. The van der Waals surface area contributed by atoms with E-state index in [-0.39, 0.29) is 17.1 Å². The van der Waals surface area contributed by atoms with Crippen molar-refractivity contribution in [1.29, 1.82) is 0 Å². The zero-order valence-electron chi connectivity index (χ0n) is 11.6. The largest absolute Gasteiger partial charge is 0.506 e. The number of nitrogens with zero attached hydrogens (tertiary/aromatic N) is 1. The van der Waals surface area contributed by atoms with Gasteiger partial charge in [0.2, 0.25) is 5.91 Å². The second-order valence-electron chi connectivity index (χ2n) is 6.18. The average Bonchev–Trinajstić information content (AvgIpc) is 2.69. The molecule has 19 heavy (non-hydrogen) atoms. The van der Waals surface area contributed by atoms with Crippen molar-refractivity contribution in [2.45, 2.75) is 32.6 Å². The molecule has 0 aromatic heterocycles. The van der Waals surface area contributed by atoms with E-state index in [0.717, 1.165) is 10.9 Å². The highest BCUT2D eigenvalue weighted by molar-refractivity contribution is 9.09. The lowest BCUT2D eigenvalue weighted by Gasteiger charge is -2.23. The van der Waals surface area contributed by atoms with Crippen LogP contribution in [0.2, 0.25) is 0 Å². The van der Waals surface area contributed by atoms with Gasteiger partial charge in [-0.1, -0.05) is 42.8 Å². The number of phenols is 1. The number of carbonyl (C=O) groups is 1. The molecular weight excluding hydrogens is 306 g/mol. The van der Waals surface area contributed by atoms with E-state index in [0.29, 0.717) is 24.6 Å². The summed E-state index contributed by atoms with van der Waals surface area (Å²) in [6, 6.07) is 5.54. The zero-order valence-corrected chi connectivity index (χ0v) is 13.2. The number of hydrogen-bond donors (Lipinski definition) is 1. The average molecular weight is 326 g/mol. The second-order valence-corrected chi connectivity index (χ2v) is 6.83. The lowest BCUT2D eigenvalue weighted by molar-refractivity contribution is -0.117. The molecule has 0 spiro atoms. The summed E-state index contributed by atoms with van der Waals surface area (Å²) in [6.45, 7) is 7.04. The van der Waals surface area contributed by atoms with Gasteiger partial charge in [-0.05, 0) is 29.0 Å². The minimum absolute atomic E-state index is 0.0000459. The summed E-state index contributed by atoms with van der Waals surface area (Å²) >= 11 is 3.43. The minimum atomic E-state index is 0.0000459. The van der Waals surface area contributed by atoms with E-state index in [4.69, 9.17) is 0 Å². The van der Waals surface area contributed by atoms with Crippen molar-refractivity contribution in [2.75, 3.05) is 16.8 Å². The summed E-state index contributed by atoms with van der Waals surface area (Å²) in [7, 11) is 0. The molecule has 0 bridgehead atoms. The van der Waals surface area contributed by atoms with Gasteiger partial charge in [0.15, 0.2) is 0 Å². The summed E-state index contributed by atoms with van der Waals surface area (Å²) in [5.41, 5.74) is 1.76. The topological polar surface area (TPSA) is 40.5 Å². The van der Waals surface area contributed by atoms with Gasteiger partial charge in [0.05, 0.1) is 5.69 Å². The van der Waals surface area contributed by atoms with Crippen LogP contribution in [0.15, 0.2) is 18.2 Å². The molecule has 1 N–H and O–H groups in total. The molecule has 3 nitrogen and oxygen atoms in total. The lowest BCUT2D eigenvalue weighted by atomic mass is 9.86. The van der Waals surface area contributed by atoms with E-state index < -0.39 is 0 Å². The van der Waals surface area contributed by atoms with Gasteiger partial charge in [0.1, 0.15) is 5.75 Å². The molecule has 0 aliphatic carbocycles. The highest BCUT2D eigenvalue weighted by atomic mass is 79.9. The highest BCUT2D eigenvalue weighted by Crippen LogP contribution is 2.36. The minimum Gasteiger partial charge on any atom is -0.506 e. The standard InChI is InChI=1S/C15H20BrNO2/c1-15(2,3)11-4-5-13(18)12(7-11)17-9-10(8-16)6-14(17)19/h4-5,7,10,18H,6,8-9H2,1-3H3. The number of rotatable bonds is 2. The summed E-state index contributed by atoms with van der Waals surface area (Å²) in [6.07, 6.45) is 0.546. The second kappa shape index (κ2) is 5.16. The van der Waals surface area contributed by atoms with Gasteiger partial charge in [-0.3, -0.25) is 4.79 Å². The SMILES string of the molecule is CC(C)(C)c1ccc(O)c(N2CC(CBr)CC2=O)c1. The van der Waals surface area contributed by atoms with Crippen molar-refractivity contribution in [3.63, 3.8) is 0 Å². The van der Waals surface area contributed by atoms with Crippen LogP contribution in [-0.2, 0) is 10.2 Å². The van der Waals surface area contributed by atoms with Crippen LogP contribution in [0.25, 0.3) is 0 Å². The number of halogens is 1. The quantitative estimate of drug-likeness (QED) is 0.846. The van der Waals surface area contributed by atoms with Crippen LogP contribution in [0.4, 0.5) is 5.69 Å². The predicted octanol–water partition coefficient (Wildman–Crippen LogP) is 3.44. The van der Waals surface area contributed by atoms with E-state index in [9.17, 15) is 9.90 Å². The van der Waals surface area contributed by atoms with Crippen molar-refractivity contribution in [2.24, 2.45) is 5.92 Å². The summed E-state index contributed by atoms with van der Waals surface area (Å²) < 4.78 is 0. The first-order chi connectivity index (χ1) is 8.82. The van der Waals surface area contributed by atoms with Gasteiger partial charge in [0, 0.05) is 18.3 Å². The molecule has 2 rings (SSSR count). The molecule has 1 aliphatic rings. The van der Waals surface area contributed by atoms with Gasteiger partial charge in [-0.2, -0.15) is 0 Å². The van der Waals surface area contributed by atoms with Crippen molar-refractivity contribution in [3.05, 3.63) is 23.8 Å². The van der Waals surface area contributed by atoms with Crippen LogP contribution in [0.5, 0.6) is 5.75 Å². The normalized spacial score (nSPS) is 20.1. The van der Waals surface area contributed by atoms with Gasteiger partial charge in [-0.15, -0.1) is 0 Å². The Morgan fingerprint density at radius 3 is 2.63 bits per heavy atom. The Labute approximate surface area is 122 Å². The van der Waals surface area contributed by atoms with Crippen molar-refractivity contribution in [3.8, 4) is 5.75 Å². The Bertz CT molecular complexity index is 493. The van der Waals surface area contributed by atoms with Crippen molar-refractivity contribution in [1.82, 2.24) is 0 Å². The molecule has 1 atom stereocenters. The van der Waals surface area contributed by atoms with Crippen LogP contribution >= 0.6 is 15.9 Å². The number of hydrogen-bond acceptors (Lipinski definition) is 2. The molecule has 0 saturated carbocycles. The number of benzene rings is 1. The van der Waals surface area contributed by atoms with E-state index in [1.54, 1.807) is 11.0 Å². The molecule has 0 radical (unpaired) electrons. The molecule has 1 aromatic carbocycles. The molecule has 104 valence electrons. The molecule has 1 aromatic rings. The first kappa shape index (κ1) is 14.4. The fourth-order valence-electron chi connectivity index (χ4n) is 2.32. The summed E-state index contributed by atoms with van der Waals surface area (Å²) in [4.78, 5) is 13.8. The first-order valence-electron chi connectivity index (χ1n) is 6.52. The molecule has 1 heterocycles. The number of alkyl halides is 1. The molecule has 1 saturated heterocycles. The van der Waals surface area contributed by atoms with Crippen LogP contribution in [0.1, 0.15) is 32.8 Å². The smallest absolute Gasteiger partial charge is 0.227 e. The number of carbonyl (C=O) groups excluding carboxylic acids is 1. The van der Waals surface area contributed by atoms with E-state index >= 15 is 0 Å². The Morgan fingerprint density at radius 1 is 1.42 bits per heavy atom. The predicted molar refractivity (Wildman–Crippen MR) is 81.1 cm³/mol. The van der Waals surface area contributed by atoms with E-state index in [1.165, 1.54) is 0 Å².